The molecule has 50 heavy (non-hydrogen) atoms. The molecular weight excluding hydrogens is 643 g/mol. The Morgan fingerprint density at radius 1 is 0.860 bits per heavy atom. The molecule has 0 radical (unpaired) electrons. The van der Waals surface area contributed by atoms with Crippen LogP contribution in [0.2, 0.25) is 0 Å². The van der Waals surface area contributed by atoms with E-state index >= 15 is 0 Å². The monoisotopic (exact) mass is 685 g/mol. The molecule has 5 rings (SSSR count). The smallest absolute Gasteiger partial charge is 0.395 e. The Morgan fingerprint density at radius 3 is 2.08 bits per heavy atom. The minimum atomic E-state index is -4.47. The van der Waals surface area contributed by atoms with Crippen molar-refractivity contribution in [3.05, 3.63) is 137 Å². The maximum absolute atomic E-state index is 14.5. The lowest BCUT2D eigenvalue weighted by Gasteiger charge is -2.39. The average molecular weight is 686 g/mol. The summed E-state index contributed by atoms with van der Waals surface area (Å²) in [5.41, 5.74) is 2.43. The van der Waals surface area contributed by atoms with E-state index in [0.717, 1.165) is 24.2 Å². The molecule has 0 aliphatic carbocycles. The Balaban J connectivity index is 1.42. The lowest BCUT2D eigenvalue weighted by molar-refractivity contribution is -0.145. The second kappa shape index (κ2) is 17.1. The number of benzene rings is 3. The molecule has 2 heterocycles. The molecule has 0 bridgehead atoms. The first-order chi connectivity index (χ1) is 24.1. The largest absolute Gasteiger partial charge is 0.416 e. The summed E-state index contributed by atoms with van der Waals surface area (Å²) in [6.07, 6.45) is 0.225. The Hall–Kier alpha value is -5.00. The van der Waals surface area contributed by atoms with Crippen molar-refractivity contribution in [2.45, 2.75) is 31.7 Å². The molecule has 1 atom stereocenters. The molecule has 262 valence electrons. The van der Waals surface area contributed by atoms with Crippen molar-refractivity contribution in [1.29, 1.82) is 0 Å². The zero-order valence-corrected chi connectivity index (χ0v) is 28.0. The summed E-state index contributed by atoms with van der Waals surface area (Å²) in [6.45, 7) is 3.62. The Morgan fingerprint density at radius 2 is 1.50 bits per heavy atom. The van der Waals surface area contributed by atoms with E-state index < -0.39 is 23.7 Å². The van der Waals surface area contributed by atoms with Gasteiger partial charge in [-0.3, -0.25) is 14.5 Å². The van der Waals surface area contributed by atoms with E-state index in [4.69, 9.17) is 0 Å². The van der Waals surface area contributed by atoms with Gasteiger partial charge in [0.15, 0.2) is 0 Å². The number of rotatable bonds is 13. The van der Waals surface area contributed by atoms with Crippen LogP contribution in [-0.4, -0.2) is 89.0 Å². The van der Waals surface area contributed by atoms with Crippen molar-refractivity contribution in [3.63, 3.8) is 0 Å². The Labute approximate surface area is 291 Å². The molecule has 1 N–H and O–H groups in total. The molecule has 2 amide bonds. The SMILES string of the molecule is CN(CCO)c1ccc(CN(C(=O)/C=C/c2ccc(C(F)(F)F)cc2)[C@@H](Cc2ccccc2)C(=O)N2CCN(Cc3ccccc3)CC2)cn1. The summed E-state index contributed by atoms with van der Waals surface area (Å²) in [5.74, 6) is 0.0216. The predicted octanol–water partition coefficient (Wildman–Crippen LogP) is 5.53. The molecule has 0 unspecified atom stereocenters. The number of halogens is 3. The highest BCUT2D eigenvalue weighted by molar-refractivity contribution is 5.95. The normalized spacial score (nSPS) is 14.5. The first-order valence-corrected chi connectivity index (χ1v) is 16.6. The van der Waals surface area contributed by atoms with Crippen molar-refractivity contribution in [1.82, 2.24) is 19.7 Å². The number of anilines is 1. The van der Waals surface area contributed by atoms with Crippen LogP contribution in [0, 0.1) is 0 Å². The molecular formula is C39H42F3N5O3. The molecule has 1 aromatic heterocycles. The lowest BCUT2D eigenvalue weighted by atomic mass is 10.0. The fourth-order valence-corrected chi connectivity index (χ4v) is 5.93. The number of alkyl halides is 3. The van der Waals surface area contributed by atoms with Gasteiger partial charge in [-0.05, 0) is 46.5 Å². The molecule has 0 saturated carbocycles. The third kappa shape index (κ3) is 10.0. The van der Waals surface area contributed by atoms with E-state index in [2.05, 4.69) is 22.0 Å². The highest BCUT2D eigenvalue weighted by atomic mass is 19.4. The quantitative estimate of drug-likeness (QED) is 0.187. The number of hydrogen-bond acceptors (Lipinski definition) is 6. The van der Waals surface area contributed by atoms with Crippen molar-refractivity contribution >= 4 is 23.7 Å². The van der Waals surface area contributed by atoms with Crippen molar-refractivity contribution in [3.8, 4) is 0 Å². The van der Waals surface area contributed by atoms with Crippen LogP contribution in [0.25, 0.3) is 6.08 Å². The van der Waals surface area contributed by atoms with Gasteiger partial charge in [0.1, 0.15) is 11.9 Å². The first-order valence-electron chi connectivity index (χ1n) is 16.6. The molecule has 4 aromatic rings. The summed E-state index contributed by atoms with van der Waals surface area (Å²) in [7, 11) is 1.81. The molecule has 8 nitrogen and oxygen atoms in total. The number of aliphatic hydroxyl groups excluding tert-OH is 1. The van der Waals surface area contributed by atoms with Crippen LogP contribution in [0.1, 0.15) is 27.8 Å². The maximum Gasteiger partial charge on any atom is 0.416 e. The van der Waals surface area contributed by atoms with E-state index in [1.165, 1.54) is 34.7 Å². The molecule has 0 spiro atoms. The number of likely N-dealkylation sites (N-methyl/N-ethyl adjacent to an activating group) is 1. The number of aliphatic hydroxyl groups is 1. The van der Waals surface area contributed by atoms with Crippen molar-refractivity contribution in [2.24, 2.45) is 0 Å². The first kappa shape index (κ1) is 36.3. The summed E-state index contributed by atoms with van der Waals surface area (Å²) >= 11 is 0. The van der Waals surface area contributed by atoms with Crippen LogP contribution in [0.15, 0.2) is 109 Å². The number of amides is 2. The average Bonchev–Trinajstić information content (AvgIpc) is 3.13. The van der Waals surface area contributed by atoms with Crippen LogP contribution < -0.4 is 4.90 Å². The highest BCUT2D eigenvalue weighted by Crippen LogP contribution is 2.29. The number of carbonyl (C=O) groups is 2. The zero-order chi connectivity index (χ0) is 35.5. The van der Waals surface area contributed by atoms with Crippen LogP contribution in [0.5, 0.6) is 0 Å². The number of pyridine rings is 1. The van der Waals surface area contributed by atoms with Gasteiger partial charge in [0, 0.05) is 71.6 Å². The second-order valence-corrected chi connectivity index (χ2v) is 12.4. The minimum absolute atomic E-state index is 0.0305. The molecule has 1 aliphatic rings. The summed E-state index contributed by atoms with van der Waals surface area (Å²) in [5, 5.41) is 9.33. The van der Waals surface area contributed by atoms with Gasteiger partial charge in [-0.15, -0.1) is 0 Å². The lowest BCUT2D eigenvalue weighted by Crippen LogP contribution is -2.56. The Bertz CT molecular complexity index is 1690. The number of aromatic nitrogens is 1. The van der Waals surface area contributed by atoms with Crippen LogP contribution in [0.3, 0.4) is 0 Å². The highest BCUT2D eigenvalue weighted by Gasteiger charge is 2.34. The standard InChI is InChI=1S/C39H42F3N5O3/c1-44(24-25-48)36-18-14-33(27-43-36)29-47(37(49)19-15-30-12-16-34(17-13-30)39(40,41)42)35(26-31-8-4-2-5-9-31)38(50)46-22-20-45(21-23-46)28-32-10-6-3-7-11-32/h2-19,27,35,48H,20-26,28-29H2,1H3/b19-15+/t35-/m0/s1. The molecule has 1 saturated heterocycles. The third-order valence-electron chi connectivity index (χ3n) is 8.79. The third-order valence-corrected chi connectivity index (χ3v) is 8.79. The van der Waals surface area contributed by atoms with Crippen LogP contribution in [-0.2, 0) is 35.3 Å². The van der Waals surface area contributed by atoms with E-state index in [9.17, 15) is 27.9 Å². The van der Waals surface area contributed by atoms with E-state index in [1.54, 1.807) is 17.2 Å². The van der Waals surface area contributed by atoms with Gasteiger partial charge in [-0.1, -0.05) is 78.9 Å². The van der Waals surface area contributed by atoms with Gasteiger partial charge in [-0.25, -0.2) is 4.98 Å². The van der Waals surface area contributed by atoms with E-state index in [1.807, 2.05) is 66.5 Å². The second-order valence-electron chi connectivity index (χ2n) is 12.4. The zero-order valence-electron chi connectivity index (χ0n) is 28.0. The fourth-order valence-electron chi connectivity index (χ4n) is 5.93. The summed E-state index contributed by atoms with van der Waals surface area (Å²) in [4.78, 5) is 40.5. The number of nitrogens with zero attached hydrogens (tertiary/aromatic N) is 5. The van der Waals surface area contributed by atoms with Crippen LogP contribution in [0.4, 0.5) is 19.0 Å². The van der Waals surface area contributed by atoms with Crippen LogP contribution >= 0.6 is 0 Å². The Kier molecular flexibility index (Phi) is 12.4. The van der Waals surface area contributed by atoms with Gasteiger partial charge in [0.05, 0.1) is 12.2 Å². The number of carbonyl (C=O) groups excluding carboxylic acids is 2. The predicted molar refractivity (Wildman–Crippen MR) is 188 cm³/mol. The van der Waals surface area contributed by atoms with Gasteiger partial charge in [-0.2, -0.15) is 13.2 Å². The molecule has 11 heteroatoms. The molecule has 1 aliphatic heterocycles. The fraction of sp³-hybridized carbons (Fsp3) is 0.308. The topological polar surface area (TPSA) is 80.2 Å². The summed E-state index contributed by atoms with van der Waals surface area (Å²) < 4.78 is 39.4. The van der Waals surface area contributed by atoms with E-state index in [-0.39, 0.29) is 25.5 Å². The van der Waals surface area contributed by atoms with Gasteiger partial charge < -0.3 is 19.8 Å². The summed E-state index contributed by atoms with van der Waals surface area (Å²) in [6, 6.07) is 27.0. The van der Waals surface area contributed by atoms with Gasteiger partial charge in [0.25, 0.3) is 0 Å². The number of piperazine rings is 1. The van der Waals surface area contributed by atoms with Gasteiger partial charge in [0.2, 0.25) is 11.8 Å². The number of hydrogen-bond donors (Lipinski definition) is 1. The van der Waals surface area contributed by atoms with Gasteiger partial charge >= 0.3 is 6.18 Å². The van der Waals surface area contributed by atoms with E-state index in [0.29, 0.717) is 49.7 Å². The maximum atomic E-state index is 14.5. The minimum Gasteiger partial charge on any atom is -0.395 e. The van der Waals surface area contributed by atoms with Crippen molar-refractivity contribution < 1.29 is 27.9 Å². The molecule has 3 aromatic carbocycles. The molecule has 1 fully saturated rings. The van der Waals surface area contributed by atoms with Crippen molar-refractivity contribution in [2.75, 3.05) is 51.3 Å².